The molecule has 1 atom stereocenters. The van der Waals surface area contributed by atoms with Gasteiger partial charge < -0.3 is 16.0 Å². The summed E-state index contributed by atoms with van der Waals surface area (Å²) in [4.78, 5) is 26.2. The summed E-state index contributed by atoms with van der Waals surface area (Å²) in [7, 11) is 0. The molecular weight excluding hydrogens is 523 g/mol. The molecule has 0 radical (unpaired) electrons. The Bertz CT molecular complexity index is 1500. The first kappa shape index (κ1) is 27.0. The van der Waals surface area contributed by atoms with Crippen molar-refractivity contribution in [1.82, 2.24) is 5.32 Å². The molecule has 3 aromatic carbocycles. The lowest BCUT2D eigenvalue weighted by Crippen LogP contribution is -2.31. The number of anilines is 2. The van der Waals surface area contributed by atoms with E-state index >= 15 is 4.39 Å². The molecular formula is C29H24ClFN4O2S. The molecule has 6 nitrogen and oxygen atoms in total. The molecule has 38 heavy (non-hydrogen) atoms. The Labute approximate surface area is 229 Å². The van der Waals surface area contributed by atoms with Crippen LogP contribution in [0.25, 0.3) is 0 Å². The van der Waals surface area contributed by atoms with E-state index in [0.717, 1.165) is 17.3 Å². The molecule has 1 aliphatic rings. The second kappa shape index (κ2) is 12.0. The number of nitrogens with one attached hydrogen (secondary N) is 3. The van der Waals surface area contributed by atoms with Gasteiger partial charge in [-0.3, -0.25) is 9.59 Å². The maximum absolute atomic E-state index is 15.0. The molecule has 0 aliphatic carbocycles. The average molecular weight is 547 g/mol. The van der Waals surface area contributed by atoms with Crippen LogP contribution in [0.2, 0.25) is 5.02 Å². The van der Waals surface area contributed by atoms with Crippen LogP contribution in [0.5, 0.6) is 0 Å². The molecule has 4 rings (SSSR count). The molecule has 0 bridgehead atoms. The Kier molecular flexibility index (Phi) is 8.52. The van der Waals surface area contributed by atoms with Crippen molar-refractivity contribution < 1.29 is 14.0 Å². The number of rotatable bonds is 7. The zero-order valence-corrected chi connectivity index (χ0v) is 22.2. The van der Waals surface area contributed by atoms with Gasteiger partial charge in [-0.1, -0.05) is 65.8 Å². The summed E-state index contributed by atoms with van der Waals surface area (Å²) in [5.74, 6) is -2.29. The average Bonchev–Trinajstić information content (AvgIpc) is 2.90. The molecule has 3 aromatic rings. The summed E-state index contributed by atoms with van der Waals surface area (Å²) < 4.78 is 15.0. The van der Waals surface area contributed by atoms with Gasteiger partial charge in [0.05, 0.1) is 28.3 Å². The number of carbonyl (C=O) groups excluding carboxylic acids is 2. The van der Waals surface area contributed by atoms with Gasteiger partial charge in [-0.2, -0.15) is 5.26 Å². The van der Waals surface area contributed by atoms with Crippen molar-refractivity contribution in [3.05, 3.63) is 117 Å². The Morgan fingerprint density at radius 2 is 1.74 bits per heavy atom. The Morgan fingerprint density at radius 3 is 2.45 bits per heavy atom. The maximum Gasteiger partial charge on any atom is 0.254 e. The minimum atomic E-state index is -0.966. The van der Waals surface area contributed by atoms with Gasteiger partial charge in [-0.15, -0.1) is 0 Å². The number of benzene rings is 3. The van der Waals surface area contributed by atoms with E-state index in [2.05, 4.69) is 22.0 Å². The van der Waals surface area contributed by atoms with E-state index in [1.165, 1.54) is 6.07 Å². The number of hydrogen-bond donors (Lipinski definition) is 3. The van der Waals surface area contributed by atoms with Gasteiger partial charge in [0.2, 0.25) is 5.91 Å². The zero-order valence-electron chi connectivity index (χ0n) is 20.6. The Morgan fingerprint density at radius 1 is 1.03 bits per heavy atom. The van der Waals surface area contributed by atoms with Crippen LogP contribution in [0.3, 0.4) is 0 Å². The lowest BCUT2D eigenvalue weighted by molar-refractivity contribution is -0.114. The van der Waals surface area contributed by atoms with Crippen molar-refractivity contribution >= 4 is 46.6 Å². The van der Waals surface area contributed by atoms with E-state index in [1.807, 2.05) is 6.07 Å². The molecule has 0 spiro atoms. The fraction of sp³-hybridized carbons (Fsp3) is 0.138. The van der Waals surface area contributed by atoms with Crippen LogP contribution < -0.4 is 16.0 Å². The number of thioether (sulfide) groups is 1. The van der Waals surface area contributed by atoms with Crippen LogP contribution in [-0.2, 0) is 9.59 Å². The standard InChI is InChI=1S/C29H24ClFN4O2S/c1-17-22(30)12-8-14-24(17)35-25(36)16-38-29-21(15-32)27(20-11-6-7-13-23(20)31)26(18(2)33-29)28(37)34-19-9-4-3-5-10-19/h3-14,27,33H,16H2,1-2H3,(H,34,37)(H,35,36)/t27-/m1/s1. The van der Waals surface area contributed by atoms with E-state index in [0.29, 0.717) is 27.1 Å². The molecule has 0 saturated heterocycles. The third-order valence-electron chi connectivity index (χ3n) is 6.03. The van der Waals surface area contributed by atoms with E-state index in [1.54, 1.807) is 74.5 Å². The summed E-state index contributed by atoms with van der Waals surface area (Å²) in [6.45, 7) is 3.50. The molecule has 3 N–H and O–H groups in total. The normalized spacial score (nSPS) is 15.0. The second-order valence-electron chi connectivity index (χ2n) is 8.54. The van der Waals surface area contributed by atoms with Crippen molar-refractivity contribution in [3.8, 4) is 6.07 Å². The summed E-state index contributed by atoms with van der Waals surface area (Å²) in [6, 6.07) is 22.3. The zero-order chi connectivity index (χ0) is 27.2. The number of dihydropyridines is 1. The number of hydrogen-bond acceptors (Lipinski definition) is 5. The van der Waals surface area contributed by atoms with Crippen molar-refractivity contribution in [2.24, 2.45) is 0 Å². The number of carbonyl (C=O) groups is 2. The van der Waals surface area contributed by atoms with Crippen LogP contribution in [0.4, 0.5) is 15.8 Å². The van der Waals surface area contributed by atoms with Crippen molar-refractivity contribution in [1.29, 1.82) is 5.26 Å². The van der Waals surface area contributed by atoms with Crippen LogP contribution >= 0.6 is 23.4 Å². The summed E-state index contributed by atoms with van der Waals surface area (Å²) in [5.41, 5.74) is 2.93. The summed E-state index contributed by atoms with van der Waals surface area (Å²) >= 11 is 7.25. The van der Waals surface area contributed by atoms with Gasteiger partial charge in [-0.25, -0.2) is 4.39 Å². The molecule has 1 heterocycles. The largest absolute Gasteiger partial charge is 0.353 e. The first-order valence-electron chi connectivity index (χ1n) is 11.7. The minimum Gasteiger partial charge on any atom is -0.353 e. The van der Waals surface area contributed by atoms with Gasteiger partial charge in [-0.05, 0) is 49.7 Å². The molecule has 1 aliphatic heterocycles. The van der Waals surface area contributed by atoms with Gasteiger partial charge >= 0.3 is 0 Å². The highest BCUT2D eigenvalue weighted by atomic mass is 35.5. The lowest BCUT2D eigenvalue weighted by atomic mass is 9.82. The van der Waals surface area contributed by atoms with E-state index in [-0.39, 0.29) is 28.4 Å². The quantitative estimate of drug-likeness (QED) is 0.315. The monoisotopic (exact) mass is 546 g/mol. The minimum absolute atomic E-state index is 0.0255. The number of nitriles is 1. The fourth-order valence-electron chi connectivity index (χ4n) is 4.13. The SMILES string of the molecule is CC1=C(C(=O)Nc2ccccc2)[C@H](c2ccccc2F)C(C#N)=C(SCC(=O)Nc2cccc(Cl)c2C)N1. The number of allylic oxidation sites excluding steroid dienone is 2. The van der Waals surface area contributed by atoms with Crippen molar-refractivity contribution in [2.75, 3.05) is 16.4 Å². The van der Waals surface area contributed by atoms with Gasteiger partial charge in [0, 0.05) is 33.2 Å². The third kappa shape index (κ3) is 5.91. The highest BCUT2D eigenvalue weighted by Crippen LogP contribution is 2.41. The topological polar surface area (TPSA) is 94.0 Å². The summed E-state index contributed by atoms with van der Waals surface area (Å²) in [6.07, 6.45) is 0. The Balaban J connectivity index is 1.64. The second-order valence-corrected chi connectivity index (χ2v) is 9.93. The van der Waals surface area contributed by atoms with Crippen LogP contribution in [0, 0.1) is 24.1 Å². The van der Waals surface area contributed by atoms with Crippen LogP contribution in [0.15, 0.2) is 94.7 Å². The predicted molar refractivity (Wildman–Crippen MR) is 150 cm³/mol. The number of halogens is 2. The van der Waals surface area contributed by atoms with Gasteiger partial charge in [0.15, 0.2) is 0 Å². The lowest BCUT2D eigenvalue weighted by Gasteiger charge is -2.30. The van der Waals surface area contributed by atoms with E-state index in [9.17, 15) is 14.9 Å². The molecule has 0 unspecified atom stereocenters. The molecule has 0 saturated carbocycles. The van der Waals surface area contributed by atoms with Crippen molar-refractivity contribution in [2.45, 2.75) is 19.8 Å². The highest BCUT2D eigenvalue weighted by molar-refractivity contribution is 8.03. The maximum atomic E-state index is 15.0. The predicted octanol–water partition coefficient (Wildman–Crippen LogP) is 6.49. The molecule has 0 fully saturated rings. The molecule has 2 amide bonds. The van der Waals surface area contributed by atoms with E-state index < -0.39 is 17.6 Å². The number of nitrogens with zero attached hydrogens (tertiary/aromatic N) is 1. The fourth-order valence-corrected chi connectivity index (χ4v) is 5.20. The first-order valence-corrected chi connectivity index (χ1v) is 13.1. The number of para-hydroxylation sites is 1. The van der Waals surface area contributed by atoms with Gasteiger partial charge in [0.25, 0.3) is 5.91 Å². The Hall–Kier alpha value is -4.06. The third-order valence-corrected chi connectivity index (χ3v) is 7.46. The first-order chi connectivity index (χ1) is 18.3. The van der Waals surface area contributed by atoms with Gasteiger partial charge in [0.1, 0.15) is 5.82 Å². The molecule has 9 heteroatoms. The summed E-state index contributed by atoms with van der Waals surface area (Å²) in [5, 5.41) is 19.9. The van der Waals surface area contributed by atoms with Crippen LogP contribution in [-0.4, -0.2) is 17.6 Å². The van der Waals surface area contributed by atoms with Crippen molar-refractivity contribution in [3.63, 3.8) is 0 Å². The van der Waals surface area contributed by atoms with E-state index in [4.69, 9.17) is 11.6 Å². The molecule has 0 aromatic heterocycles. The van der Waals surface area contributed by atoms with Crippen LogP contribution in [0.1, 0.15) is 24.0 Å². The molecule has 192 valence electrons. The number of amides is 2. The highest BCUT2D eigenvalue weighted by Gasteiger charge is 2.36. The smallest absolute Gasteiger partial charge is 0.254 e.